The summed E-state index contributed by atoms with van der Waals surface area (Å²) in [6, 6.07) is 4.25. The van der Waals surface area contributed by atoms with E-state index in [0.29, 0.717) is 6.54 Å². The predicted molar refractivity (Wildman–Crippen MR) is 132 cm³/mol. The van der Waals surface area contributed by atoms with Crippen LogP contribution in [0.15, 0.2) is 27.8 Å². The van der Waals surface area contributed by atoms with Gasteiger partial charge in [0.15, 0.2) is 5.96 Å². The van der Waals surface area contributed by atoms with Crippen molar-refractivity contribution in [3.63, 3.8) is 0 Å². The van der Waals surface area contributed by atoms with Gasteiger partial charge in [-0.15, -0.1) is 35.3 Å². The molecule has 1 fully saturated rings. The van der Waals surface area contributed by atoms with Crippen LogP contribution in [-0.4, -0.2) is 48.6 Å². The number of likely N-dealkylation sites (tertiary alicyclic amines) is 1. The Labute approximate surface area is 195 Å². The van der Waals surface area contributed by atoms with Gasteiger partial charge in [0.1, 0.15) is 5.76 Å². The fourth-order valence-corrected chi connectivity index (χ4v) is 4.48. The summed E-state index contributed by atoms with van der Waals surface area (Å²) < 4.78 is 5.73. The van der Waals surface area contributed by atoms with Crippen molar-refractivity contribution >= 4 is 41.3 Å². The molecule has 3 heterocycles. The molecular weight excluding hydrogens is 497 g/mol. The topological polar surface area (TPSA) is 65.7 Å². The highest BCUT2D eigenvalue weighted by atomic mass is 127. The van der Waals surface area contributed by atoms with Crippen LogP contribution in [0.25, 0.3) is 0 Å². The Balaban J connectivity index is 0.00000300. The van der Waals surface area contributed by atoms with E-state index in [1.165, 1.54) is 29.1 Å². The van der Waals surface area contributed by atoms with Crippen molar-refractivity contribution in [2.24, 2.45) is 4.99 Å². The third-order valence-corrected chi connectivity index (χ3v) is 6.31. The second-order valence-electron chi connectivity index (χ2n) is 7.27. The minimum absolute atomic E-state index is 0. The quantitative estimate of drug-likeness (QED) is 0.302. The minimum Gasteiger partial charge on any atom is -0.468 e. The lowest BCUT2D eigenvalue weighted by Gasteiger charge is -2.32. The van der Waals surface area contributed by atoms with Gasteiger partial charge in [-0.05, 0) is 58.8 Å². The largest absolute Gasteiger partial charge is 0.468 e. The molecule has 0 saturated carbocycles. The van der Waals surface area contributed by atoms with Crippen molar-refractivity contribution in [3.05, 3.63) is 39.7 Å². The fourth-order valence-electron chi connectivity index (χ4n) is 3.55. The zero-order valence-corrected chi connectivity index (χ0v) is 20.9. The van der Waals surface area contributed by atoms with Crippen molar-refractivity contribution in [1.29, 1.82) is 0 Å². The second kappa shape index (κ2) is 12.5. The molecule has 1 aliphatic heterocycles. The molecular formula is C21H34IN5OS. The van der Waals surface area contributed by atoms with Crippen molar-refractivity contribution in [3.8, 4) is 0 Å². The van der Waals surface area contributed by atoms with E-state index in [1.807, 2.05) is 6.07 Å². The molecule has 0 aromatic carbocycles. The first kappa shape index (κ1) is 24.1. The summed E-state index contributed by atoms with van der Waals surface area (Å²) in [5, 5.41) is 8.00. The number of nitrogens with zero attached hydrogens (tertiary/aromatic N) is 3. The Morgan fingerprint density at radius 3 is 2.69 bits per heavy atom. The maximum absolute atomic E-state index is 5.73. The van der Waals surface area contributed by atoms with E-state index in [0.717, 1.165) is 50.0 Å². The van der Waals surface area contributed by atoms with Gasteiger partial charge in [0.2, 0.25) is 0 Å². The molecule has 162 valence electrons. The number of halogens is 1. The summed E-state index contributed by atoms with van der Waals surface area (Å²) in [6.45, 7) is 10.9. The molecule has 0 aliphatic carbocycles. The molecule has 0 bridgehead atoms. The van der Waals surface area contributed by atoms with Crippen LogP contribution >= 0.6 is 35.3 Å². The Morgan fingerprint density at radius 1 is 1.28 bits per heavy atom. The van der Waals surface area contributed by atoms with Gasteiger partial charge in [-0.2, -0.15) is 0 Å². The van der Waals surface area contributed by atoms with Crippen molar-refractivity contribution in [2.75, 3.05) is 32.7 Å². The average Bonchev–Trinajstić information content (AvgIpc) is 3.33. The van der Waals surface area contributed by atoms with Crippen LogP contribution in [0, 0.1) is 13.8 Å². The molecule has 1 atom stereocenters. The molecule has 2 aromatic rings. The summed E-state index contributed by atoms with van der Waals surface area (Å²) in [6.07, 6.45) is 6.51. The number of aryl methyl sites for hydroxylation is 2. The third-order valence-electron chi connectivity index (χ3n) is 5.17. The van der Waals surface area contributed by atoms with Crippen LogP contribution in [0.5, 0.6) is 0 Å². The van der Waals surface area contributed by atoms with Crippen LogP contribution in [0.1, 0.15) is 53.6 Å². The molecule has 1 unspecified atom stereocenters. The lowest BCUT2D eigenvalue weighted by atomic mass is 10.1. The number of thiazole rings is 1. The van der Waals surface area contributed by atoms with Gasteiger partial charge in [-0.3, -0.25) is 9.89 Å². The number of aromatic nitrogens is 1. The van der Waals surface area contributed by atoms with Crippen molar-refractivity contribution in [1.82, 2.24) is 20.5 Å². The van der Waals surface area contributed by atoms with Crippen molar-refractivity contribution in [2.45, 2.75) is 52.5 Å². The highest BCUT2D eigenvalue weighted by Crippen LogP contribution is 2.25. The standard InChI is InChI=1S/C21H33N5OS.HI/c1-4-22-21(23-11-10-20-25-16(2)17(3)28-20)24-15-18(19-9-8-14-27-19)26-12-6-5-7-13-26;/h8-9,14,18H,4-7,10-13,15H2,1-3H3,(H2,22,23,24);1H. The Morgan fingerprint density at radius 2 is 2.07 bits per heavy atom. The zero-order valence-electron chi connectivity index (χ0n) is 17.7. The Hall–Kier alpha value is -1.13. The van der Waals surface area contributed by atoms with E-state index in [2.05, 4.69) is 47.4 Å². The fraction of sp³-hybridized carbons (Fsp3) is 0.619. The van der Waals surface area contributed by atoms with E-state index in [9.17, 15) is 0 Å². The number of guanidine groups is 1. The van der Waals surface area contributed by atoms with Gasteiger partial charge in [0.25, 0.3) is 0 Å². The van der Waals surface area contributed by atoms with E-state index in [4.69, 9.17) is 9.41 Å². The highest BCUT2D eigenvalue weighted by molar-refractivity contribution is 14.0. The molecule has 2 aromatic heterocycles. The predicted octanol–water partition coefficient (Wildman–Crippen LogP) is 4.30. The molecule has 3 rings (SSSR count). The molecule has 0 spiro atoms. The van der Waals surface area contributed by atoms with Gasteiger partial charge < -0.3 is 15.1 Å². The van der Waals surface area contributed by atoms with Crippen LogP contribution in [0.2, 0.25) is 0 Å². The Kier molecular flexibility index (Phi) is 10.4. The maximum atomic E-state index is 5.73. The number of aliphatic imine (C=N–C) groups is 1. The maximum Gasteiger partial charge on any atom is 0.191 e. The van der Waals surface area contributed by atoms with Crippen LogP contribution in [0.3, 0.4) is 0 Å². The van der Waals surface area contributed by atoms with Gasteiger partial charge in [-0.1, -0.05) is 6.42 Å². The minimum atomic E-state index is 0. The zero-order chi connectivity index (χ0) is 19.8. The van der Waals surface area contributed by atoms with Crippen LogP contribution in [0.4, 0.5) is 0 Å². The molecule has 2 N–H and O–H groups in total. The van der Waals surface area contributed by atoms with Gasteiger partial charge >= 0.3 is 0 Å². The third kappa shape index (κ3) is 7.25. The van der Waals surface area contributed by atoms with Gasteiger partial charge in [0, 0.05) is 24.4 Å². The van der Waals surface area contributed by atoms with Crippen molar-refractivity contribution < 1.29 is 4.42 Å². The summed E-state index contributed by atoms with van der Waals surface area (Å²) in [4.78, 5) is 13.3. The van der Waals surface area contributed by atoms with E-state index < -0.39 is 0 Å². The van der Waals surface area contributed by atoms with E-state index in [1.54, 1.807) is 17.6 Å². The van der Waals surface area contributed by atoms with E-state index >= 15 is 0 Å². The normalized spacial score (nSPS) is 16.3. The first-order valence-electron chi connectivity index (χ1n) is 10.4. The lowest BCUT2D eigenvalue weighted by molar-refractivity contribution is 0.150. The summed E-state index contributed by atoms with van der Waals surface area (Å²) in [5.41, 5.74) is 1.14. The van der Waals surface area contributed by atoms with Gasteiger partial charge in [0.05, 0.1) is 29.6 Å². The highest BCUT2D eigenvalue weighted by Gasteiger charge is 2.24. The molecule has 0 amide bonds. The number of hydrogen-bond acceptors (Lipinski definition) is 5. The van der Waals surface area contributed by atoms with Crippen LogP contribution < -0.4 is 10.6 Å². The number of hydrogen-bond donors (Lipinski definition) is 2. The van der Waals surface area contributed by atoms with E-state index in [-0.39, 0.29) is 30.0 Å². The monoisotopic (exact) mass is 531 g/mol. The average molecular weight is 532 g/mol. The first-order chi connectivity index (χ1) is 13.7. The number of nitrogens with one attached hydrogen (secondary N) is 2. The summed E-state index contributed by atoms with van der Waals surface area (Å²) >= 11 is 1.78. The van der Waals surface area contributed by atoms with Crippen LogP contribution in [-0.2, 0) is 6.42 Å². The smallest absolute Gasteiger partial charge is 0.191 e. The molecule has 1 saturated heterocycles. The molecule has 1 aliphatic rings. The molecule has 0 radical (unpaired) electrons. The molecule has 8 heteroatoms. The first-order valence-corrected chi connectivity index (χ1v) is 11.2. The SMILES string of the molecule is CCNC(=NCC(c1ccco1)N1CCCCC1)NCCc1nc(C)c(C)s1.I. The lowest BCUT2D eigenvalue weighted by Crippen LogP contribution is -2.40. The Bertz CT molecular complexity index is 721. The number of furan rings is 1. The molecule has 6 nitrogen and oxygen atoms in total. The number of piperidine rings is 1. The van der Waals surface area contributed by atoms with Gasteiger partial charge in [-0.25, -0.2) is 4.98 Å². The summed E-state index contributed by atoms with van der Waals surface area (Å²) in [7, 11) is 0. The second-order valence-corrected chi connectivity index (χ2v) is 8.56. The molecule has 29 heavy (non-hydrogen) atoms. The summed E-state index contributed by atoms with van der Waals surface area (Å²) in [5.74, 6) is 1.87. The number of rotatable bonds is 8.